The molecule has 0 aromatic carbocycles. The Labute approximate surface area is 130 Å². The molecule has 0 N–H and O–H groups in total. The third-order valence-electron chi connectivity index (χ3n) is 4.74. The normalized spacial score (nSPS) is 35.3. The second kappa shape index (κ2) is 6.53. The summed E-state index contributed by atoms with van der Waals surface area (Å²) in [5.74, 6) is 0.743. The number of rotatable bonds is 5. The van der Waals surface area contributed by atoms with E-state index in [1.165, 1.54) is 0 Å². The number of carbonyl (C=O) groups is 2. The Kier molecular flexibility index (Phi) is 4.49. The van der Waals surface area contributed by atoms with Crippen LogP contribution in [-0.4, -0.2) is 37.9 Å². The van der Waals surface area contributed by atoms with Gasteiger partial charge >= 0.3 is 11.9 Å². The third kappa shape index (κ3) is 2.89. The first kappa shape index (κ1) is 15.1. The summed E-state index contributed by atoms with van der Waals surface area (Å²) in [6, 6.07) is 0. The maximum absolute atomic E-state index is 12.4. The first-order valence-electron chi connectivity index (χ1n) is 7.77. The van der Waals surface area contributed by atoms with Gasteiger partial charge in [0.05, 0.1) is 17.9 Å². The predicted molar refractivity (Wildman–Crippen MR) is 77.4 cm³/mol. The third-order valence-corrected chi connectivity index (χ3v) is 4.74. The molecule has 0 aromatic rings. The molecule has 3 aliphatic rings. The van der Waals surface area contributed by atoms with Crippen LogP contribution in [0.3, 0.4) is 0 Å². The Morgan fingerprint density at radius 1 is 1.18 bits per heavy atom. The molecule has 0 spiro atoms. The zero-order valence-electron chi connectivity index (χ0n) is 12.4. The van der Waals surface area contributed by atoms with Crippen LogP contribution >= 0.6 is 0 Å². The Morgan fingerprint density at radius 3 is 2.45 bits per heavy atom. The fourth-order valence-electron chi connectivity index (χ4n) is 3.72. The monoisotopic (exact) mass is 304 g/mol. The van der Waals surface area contributed by atoms with Crippen molar-refractivity contribution in [3.05, 3.63) is 12.2 Å². The molecular weight excluding hydrogens is 284 g/mol. The fraction of sp³-hybridized carbons (Fsp3) is 0.647. The second-order valence-corrected chi connectivity index (χ2v) is 6.08. The van der Waals surface area contributed by atoms with Crippen LogP contribution in [0.15, 0.2) is 12.2 Å². The van der Waals surface area contributed by atoms with Crippen molar-refractivity contribution in [1.29, 1.82) is 0 Å². The van der Waals surface area contributed by atoms with E-state index in [-0.39, 0.29) is 37.1 Å². The molecule has 1 saturated heterocycles. The molecule has 22 heavy (non-hydrogen) atoms. The first-order valence-corrected chi connectivity index (χ1v) is 7.77. The van der Waals surface area contributed by atoms with E-state index >= 15 is 0 Å². The van der Waals surface area contributed by atoms with E-state index in [1.807, 2.05) is 12.2 Å². The van der Waals surface area contributed by atoms with Crippen molar-refractivity contribution in [3.63, 3.8) is 0 Å². The van der Waals surface area contributed by atoms with Gasteiger partial charge in [0.2, 0.25) is 0 Å². The van der Waals surface area contributed by atoms with E-state index in [2.05, 4.69) is 5.92 Å². The van der Waals surface area contributed by atoms with Gasteiger partial charge < -0.3 is 14.2 Å². The van der Waals surface area contributed by atoms with Gasteiger partial charge in [0.1, 0.15) is 6.61 Å². The van der Waals surface area contributed by atoms with Crippen LogP contribution in [0.1, 0.15) is 19.3 Å². The molecule has 0 amide bonds. The highest BCUT2D eigenvalue weighted by Gasteiger charge is 2.53. The van der Waals surface area contributed by atoms with E-state index in [4.69, 9.17) is 20.6 Å². The summed E-state index contributed by atoms with van der Waals surface area (Å²) < 4.78 is 15.9. The van der Waals surface area contributed by atoms with Crippen molar-refractivity contribution < 1.29 is 23.8 Å². The van der Waals surface area contributed by atoms with E-state index < -0.39 is 17.8 Å². The molecule has 2 fully saturated rings. The number of carbonyl (C=O) groups excluding carboxylic acids is 2. The number of esters is 2. The molecule has 2 aliphatic carbocycles. The quantitative estimate of drug-likeness (QED) is 0.435. The predicted octanol–water partition coefficient (Wildman–Crippen LogP) is 1.32. The van der Waals surface area contributed by atoms with Gasteiger partial charge in [-0.3, -0.25) is 9.59 Å². The minimum Gasteiger partial charge on any atom is -0.463 e. The van der Waals surface area contributed by atoms with E-state index in [0.717, 1.165) is 25.9 Å². The molecule has 1 aliphatic heterocycles. The van der Waals surface area contributed by atoms with Gasteiger partial charge in [-0.15, -0.1) is 6.42 Å². The molecule has 5 unspecified atom stereocenters. The number of allylic oxidation sites excluding steroid dienone is 2. The average Bonchev–Trinajstić information content (AvgIpc) is 3.25. The molecule has 0 aromatic heterocycles. The summed E-state index contributed by atoms with van der Waals surface area (Å²) in [5, 5.41) is 0. The highest BCUT2D eigenvalue weighted by molar-refractivity contribution is 5.84. The van der Waals surface area contributed by atoms with Crippen molar-refractivity contribution in [2.24, 2.45) is 23.7 Å². The van der Waals surface area contributed by atoms with E-state index in [0.29, 0.717) is 0 Å². The van der Waals surface area contributed by atoms with Crippen molar-refractivity contribution in [1.82, 2.24) is 0 Å². The van der Waals surface area contributed by atoms with Gasteiger partial charge in [-0.05, 0) is 31.1 Å². The minimum absolute atomic E-state index is 0.00933. The van der Waals surface area contributed by atoms with Crippen LogP contribution in [0, 0.1) is 36.0 Å². The molecule has 118 valence electrons. The van der Waals surface area contributed by atoms with Crippen LogP contribution < -0.4 is 0 Å². The van der Waals surface area contributed by atoms with Gasteiger partial charge in [-0.2, -0.15) is 0 Å². The van der Waals surface area contributed by atoms with E-state index in [9.17, 15) is 9.59 Å². The zero-order chi connectivity index (χ0) is 15.5. The molecule has 1 saturated carbocycles. The standard InChI is InChI=1S/C17H20O5/c1-2-7-21-16(18)14-11-5-6-12(9-11)15(14)17(19)22-10-13-4-3-8-20-13/h1,5-6,11-15H,3-4,7-10H2. The Balaban J connectivity index is 1.62. The minimum atomic E-state index is -0.472. The number of hydrogen-bond donors (Lipinski definition) is 0. The number of hydrogen-bond acceptors (Lipinski definition) is 5. The highest BCUT2D eigenvalue weighted by Crippen LogP contribution is 2.49. The summed E-state index contributed by atoms with van der Waals surface area (Å²) in [6.45, 7) is 0.927. The van der Waals surface area contributed by atoms with Gasteiger partial charge in [-0.25, -0.2) is 0 Å². The summed E-state index contributed by atoms with van der Waals surface area (Å²) in [6.07, 6.45) is 11.8. The average molecular weight is 304 g/mol. The van der Waals surface area contributed by atoms with Crippen molar-refractivity contribution in [3.8, 4) is 12.3 Å². The van der Waals surface area contributed by atoms with Crippen molar-refractivity contribution in [2.75, 3.05) is 19.8 Å². The van der Waals surface area contributed by atoms with Gasteiger partial charge in [0.25, 0.3) is 0 Å². The number of ether oxygens (including phenoxy) is 3. The topological polar surface area (TPSA) is 61.8 Å². The zero-order valence-corrected chi connectivity index (χ0v) is 12.4. The van der Waals surface area contributed by atoms with Gasteiger partial charge in [0.15, 0.2) is 6.61 Å². The first-order chi connectivity index (χ1) is 10.7. The number of terminal acetylenes is 1. The SMILES string of the molecule is C#CCOC(=O)C1C2C=CC(C2)C1C(=O)OCC1CCCO1. The van der Waals surface area contributed by atoms with Crippen LogP contribution in [0.4, 0.5) is 0 Å². The lowest BCUT2D eigenvalue weighted by Gasteiger charge is -2.25. The summed E-state index contributed by atoms with van der Waals surface area (Å²) in [7, 11) is 0. The largest absolute Gasteiger partial charge is 0.463 e. The second-order valence-electron chi connectivity index (χ2n) is 6.08. The molecule has 0 radical (unpaired) electrons. The van der Waals surface area contributed by atoms with Gasteiger partial charge in [-0.1, -0.05) is 18.1 Å². The maximum Gasteiger partial charge on any atom is 0.311 e. The summed E-state index contributed by atoms with van der Waals surface area (Å²) in [4.78, 5) is 24.6. The lowest BCUT2D eigenvalue weighted by Crippen LogP contribution is -2.36. The van der Waals surface area contributed by atoms with Crippen LogP contribution in [0.25, 0.3) is 0 Å². The highest BCUT2D eigenvalue weighted by atomic mass is 16.6. The van der Waals surface area contributed by atoms with Crippen LogP contribution in [0.5, 0.6) is 0 Å². The van der Waals surface area contributed by atoms with Gasteiger partial charge in [0, 0.05) is 6.61 Å². The van der Waals surface area contributed by atoms with Crippen LogP contribution in [-0.2, 0) is 23.8 Å². The molecular formula is C17H20O5. The van der Waals surface area contributed by atoms with Crippen LogP contribution in [0.2, 0.25) is 0 Å². The smallest absolute Gasteiger partial charge is 0.311 e. The molecule has 5 atom stereocenters. The Hall–Kier alpha value is -1.80. The Morgan fingerprint density at radius 2 is 1.86 bits per heavy atom. The lowest BCUT2D eigenvalue weighted by molar-refractivity contribution is -0.162. The molecule has 5 nitrogen and oxygen atoms in total. The van der Waals surface area contributed by atoms with Crippen molar-refractivity contribution >= 4 is 11.9 Å². The lowest BCUT2D eigenvalue weighted by atomic mass is 9.83. The number of fused-ring (bicyclic) bond motifs is 2. The molecule has 5 heteroatoms. The molecule has 2 bridgehead atoms. The van der Waals surface area contributed by atoms with Crippen molar-refractivity contribution in [2.45, 2.75) is 25.4 Å². The summed E-state index contributed by atoms with van der Waals surface area (Å²) in [5.41, 5.74) is 0. The van der Waals surface area contributed by atoms with E-state index in [1.54, 1.807) is 0 Å². The summed E-state index contributed by atoms with van der Waals surface area (Å²) >= 11 is 0. The molecule has 1 heterocycles. The Bertz CT molecular complexity index is 512. The maximum atomic E-state index is 12.4. The molecule has 3 rings (SSSR count). The fourth-order valence-corrected chi connectivity index (χ4v) is 3.72.